The van der Waals surface area contributed by atoms with E-state index < -0.39 is 93.9 Å². The van der Waals surface area contributed by atoms with Crippen LogP contribution in [0.3, 0.4) is 0 Å². The third kappa shape index (κ3) is 5.86. The molecular formula is C38H44O11. The Balaban J connectivity index is 1.79. The first-order valence-electron chi connectivity index (χ1n) is 16.4. The van der Waals surface area contributed by atoms with Crippen LogP contribution in [-0.2, 0) is 33.3 Å². The van der Waals surface area contributed by atoms with Crippen molar-refractivity contribution in [3.8, 4) is 0 Å². The number of carbonyl (C=O) groups is 5. The molecular weight excluding hydrogens is 632 g/mol. The van der Waals surface area contributed by atoms with E-state index in [1.54, 1.807) is 76.2 Å². The van der Waals surface area contributed by atoms with Crippen LogP contribution in [0.2, 0.25) is 0 Å². The van der Waals surface area contributed by atoms with Crippen LogP contribution in [-0.4, -0.2) is 76.0 Å². The van der Waals surface area contributed by atoms with Gasteiger partial charge < -0.3 is 29.2 Å². The third-order valence-corrected chi connectivity index (χ3v) is 11.2. The van der Waals surface area contributed by atoms with Crippen molar-refractivity contribution in [1.29, 1.82) is 0 Å². The molecule has 3 aliphatic carbocycles. The zero-order chi connectivity index (χ0) is 36.1. The second kappa shape index (κ2) is 12.8. The van der Waals surface area contributed by atoms with Crippen molar-refractivity contribution < 1.29 is 53.1 Å². The molecule has 0 saturated heterocycles. The van der Waals surface area contributed by atoms with Gasteiger partial charge in [0.15, 0.2) is 17.5 Å². The van der Waals surface area contributed by atoms with Crippen LogP contribution in [0.4, 0.5) is 0 Å². The molecule has 262 valence electrons. The lowest BCUT2D eigenvalue weighted by molar-refractivity contribution is -0.313. The molecule has 0 spiro atoms. The van der Waals surface area contributed by atoms with E-state index in [4.69, 9.17) is 18.9 Å². The molecule has 11 nitrogen and oxygen atoms in total. The molecule has 0 heterocycles. The minimum atomic E-state index is -2.52. The molecule has 2 aromatic carbocycles. The molecule has 3 saturated carbocycles. The number of aliphatic hydroxyl groups is 2. The Bertz CT molecular complexity index is 1640. The number of hydrogen-bond donors (Lipinski definition) is 2. The van der Waals surface area contributed by atoms with Crippen LogP contribution in [0.25, 0.3) is 0 Å². The monoisotopic (exact) mass is 676 g/mol. The first kappa shape index (κ1) is 35.9. The van der Waals surface area contributed by atoms with Crippen molar-refractivity contribution in [2.24, 2.45) is 28.1 Å². The van der Waals surface area contributed by atoms with Crippen molar-refractivity contribution in [2.45, 2.75) is 90.5 Å². The van der Waals surface area contributed by atoms with Crippen molar-refractivity contribution in [1.82, 2.24) is 0 Å². The second-order valence-electron chi connectivity index (χ2n) is 14.6. The van der Waals surface area contributed by atoms with Crippen LogP contribution >= 0.6 is 0 Å². The summed E-state index contributed by atoms with van der Waals surface area (Å²) in [5.41, 5.74) is -6.32. The highest BCUT2D eigenvalue weighted by Gasteiger charge is 2.78. The third-order valence-electron chi connectivity index (χ3n) is 11.2. The summed E-state index contributed by atoms with van der Waals surface area (Å²) in [4.78, 5) is 67.4. The van der Waals surface area contributed by atoms with Gasteiger partial charge in [-0.15, -0.1) is 6.58 Å². The summed E-state index contributed by atoms with van der Waals surface area (Å²) in [6.07, 6.45) is -6.00. The molecule has 0 aromatic heterocycles. The molecule has 2 N–H and O–H groups in total. The Hall–Kier alpha value is -4.35. The Morgan fingerprint density at radius 3 is 1.82 bits per heavy atom. The zero-order valence-corrected chi connectivity index (χ0v) is 28.6. The highest BCUT2D eigenvalue weighted by molar-refractivity contribution is 5.97. The van der Waals surface area contributed by atoms with E-state index in [9.17, 15) is 34.2 Å². The topological polar surface area (TPSA) is 163 Å². The number of rotatable bonds is 7. The second-order valence-corrected chi connectivity index (χ2v) is 14.6. The Morgan fingerprint density at radius 1 is 0.816 bits per heavy atom. The molecule has 49 heavy (non-hydrogen) atoms. The fraction of sp³-hybridized carbons (Fsp3) is 0.500. The maximum atomic E-state index is 14.7. The van der Waals surface area contributed by atoms with Crippen molar-refractivity contribution in [2.75, 3.05) is 0 Å². The summed E-state index contributed by atoms with van der Waals surface area (Å²) < 4.78 is 23.9. The number of aliphatic hydroxyl groups excluding tert-OH is 1. The molecule has 5 rings (SSSR count). The fourth-order valence-corrected chi connectivity index (χ4v) is 8.90. The minimum Gasteiger partial charge on any atom is -0.459 e. The average molecular weight is 677 g/mol. The normalized spacial score (nSPS) is 36.2. The summed E-state index contributed by atoms with van der Waals surface area (Å²) in [7, 11) is 0. The van der Waals surface area contributed by atoms with Gasteiger partial charge in [-0.3, -0.25) is 14.4 Å². The SMILES string of the molecule is C=C[C@]1(C)C[C@@H](OC(=O)c2ccccc2)[C@H]2[C@](O)(C1=O)[C@H](OC(C)=O)C[C@H]1C(C)(C)[C@H](O)[C@H](OC(C)=O)[C@H](OC(=O)c3ccccc3)[C@@]12C. The molecule has 11 heteroatoms. The van der Waals surface area contributed by atoms with E-state index in [-0.39, 0.29) is 24.0 Å². The zero-order valence-electron chi connectivity index (χ0n) is 28.6. The van der Waals surface area contributed by atoms with E-state index >= 15 is 0 Å². The fourth-order valence-electron chi connectivity index (χ4n) is 8.90. The molecule has 0 amide bonds. The number of fused-ring (bicyclic) bond motifs is 3. The molecule has 3 aliphatic rings. The van der Waals surface area contributed by atoms with Crippen LogP contribution < -0.4 is 0 Å². The number of ketones is 1. The molecule has 0 bridgehead atoms. The smallest absolute Gasteiger partial charge is 0.338 e. The number of esters is 4. The number of ether oxygens (including phenoxy) is 4. The van der Waals surface area contributed by atoms with Crippen LogP contribution in [0.1, 0.15) is 75.1 Å². The van der Waals surface area contributed by atoms with Gasteiger partial charge in [-0.1, -0.05) is 63.2 Å². The number of carbonyl (C=O) groups excluding carboxylic acids is 5. The molecule has 2 aromatic rings. The molecule has 3 fully saturated rings. The number of hydrogen-bond acceptors (Lipinski definition) is 11. The first-order chi connectivity index (χ1) is 22.9. The maximum Gasteiger partial charge on any atom is 0.338 e. The van der Waals surface area contributed by atoms with Crippen LogP contribution in [0.5, 0.6) is 0 Å². The van der Waals surface area contributed by atoms with Gasteiger partial charge in [0, 0.05) is 31.6 Å². The van der Waals surface area contributed by atoms with E-state index in [2.05, 4.69) is 6.58 Å². The van der Waals surface area contributed by atoms with E-state index in [0.717, 1.165) is 13.8 Å². The lowest BCUT2D eigenvalue weighted by Crippen LogP contribution is -2.80. The molecule has 10 atom stereocenters. The lowest BCUT2D eigenvalue weighted by Gasteiger charge is -2.69. The van der Waals surface area contributed by atoms with Gasteiger partial charge in [-0.05, 0) is 48.9 Å². The Morgan fingerprint density at radius 2 is 1.33 bits per heavy atom. The van der Waals surface area contributed by atoms with Gasteiger partial charge in [0.1, 0.15) is 24.4 Å². The Kier molecular flexibility index (Phi) is 9.42. The predicted octanol–water partition coefficient (Wildman–Crippen LogP) is 4.24. The minimum absolute atomic E-state index is 0.128. The number of benzene rings is 2. The lowest BCUT2D eigenvalue weighted by atomic mass is 9.38. The van der Waals surface area contributed by atoms with Gasteiger partial charge in [0.05, 0.1) is 16.5 Å². The standard InChI is InChI=1S/C38H44O11/c1-8-36(6)20-25(48-32(42)23-15-11-9-12-16-23)29-37(7)26(19-27(46-21(2)39)38(29,45)34(36)44)35(4,5)30(41)28(47-22(3)40)31(37)49-33(43)24-17-13-10-14-18-24/h8-18,25-31,41,45H,1,19-20H2,2-7H3/t25-,26+,27-,28+,29-,30-,31+,36-,37+,38+/m1/s1. The van der Waals surface area contributed by atoms with Crippen molar-refractivity contribution >= 4 is 29.7 Å². The summed E-state index contributed by atoms with van der Waals surface area (Å²) in [6.45, 7) is 12.9. The summed E-state index contributed by atoms with van der Waals surface area (Å²) >= 11 is 0. The van der Waals surface area contributed by atoms with Gasteiger partial charge in [-0.2, -0.15) is 0 Å². The van der Waals surface area contributed by atoms with Crippen LogP contribution in [0, 0.1) is 28.1 Å². The summed E-state index contributed by atoms with van der Waals surface area (Å²) in [5.74, 6) is -5.99. The maximum absolute atomic E-state index is 14.7. The van der Waals surface area contributed by atoms with Gasteiger partial charge in [0.2, 0.25) is 0 Å². The molecule has 0 unspecified atom stereocenters. The van der Waals surface area contributed by atoms with E-state index in [0.29, 0.717) is 0 Å². The van der Waals surface area contributed by atoms with Crippen molar-refractivity contribution in [3.63, 3.8) is 0 Å². The van der Waals surface area contributed by atoms with Gasteiger partial charge in [-0.25, -0.2) is 9.59 Å². The summed E-state index contributed by atoms with van der Waals surface area (Å²) in [5, 5.41) is 24.9. The summed E-state index contributed by atoms with van der Waals surface area (Å²) in [6, 6.07) is 16.2. The molecule has 0 aliphatic heterocycles. The number of allylic oxidation sites excluding steroid dienone is 1. The molecule has 0 radical (unpaired) electrons. The highest BCUT2D eigenvalue weighted by atomic mass is 16.6. The van der Waals surface area contributed by atoms with Crippen molar-refractivity contribution in [3.05, 3.63) is 84.4 Å². The first-order valence-corrected chi connectivity index (χ1v) is 16.4. The number of Topliss-reactive ketones (excluding diaryl/α,β-unsaturated/α-hetero) is 1. The highest BCUT2D eigenvalue weighted by Crippen LogP contribution is 2.67. The predicted molar refractivity (Wildman–Crippen MR) is 175 cm³/mol. The van der Waals surface area contributed by atoms with Gasteiger partial charge >= 0.3 is 23.9 Å². The quantitative estimate of drug-likeness (QED) is 0.245. The average Bonchev–Trinajstić information content (AvgIpc) is 3.05. The Labute approximate surface area is 285 Å². The van der Waals surface area contributed by atoms with E-state index in [1.165, 1.54) is 18.2 Å². The largest absolute Gasteiger partial charge is 0.459 e. The van der Waals surface area contributed by atoms with Crippen LogP contribution in [0.15, 0.2) is 73.3 Å². The van der Waals surface area contributed by atoms with Gasteiger partial charge in [0.25, 0.3) is 0 Å². The van der Waals surface area contributed by atoms with E-state index in [1.807, 2.05) is 0 Å².